The quantitative estimate of drug-likeness (QED) is 0.919. The number of rotatable bonds is 2. The van der Waals surface area contributed by atoms with E-state index in [1.54, 1.807) is 7.11 Å². The van der Waals surface area contributed by atoms with Crippen LogP contribution in [0.5, 0.6) is 5.75 Å². The van der Waals surface area contributed by atoms with Crippen molar-refractivity contribution in [1.82, 2.24) is 0 Å². The van der Waals surface area contributed by atoms with E-state index in [9.17, 15) is 13.9 Å². The molecule has 1 aliphatic rings. The average Bonchev–Trinajstić information content (AvgIpc) is 2.46. The molecular weight excluding hydrogens is 274 g/mol. The van der Waals surface area contributed by atoms with Crippen LogP contribution >= 0.6 is 0 Å². The van der Waals surface area contributed by atoms with Crippen molar-refractivity contribution in [3.63, 3.8) is 0 Å². The summed E-state index contributed by atoms with van der Waals surface area (Å²) in [4.78, 5) is 0. The lowest BCUT2D eigenvalue weighted by molar-refractivity contribution is 0.0187. The molecule has 2 nitrogen and oxygen atoms in total. The molecule has 0 saturated carbocycles. The Labute approximate surface area is 122 Å². The fourth-order valence-electron chi connectivity index (χ4n) is 2.98. The Hall–Kier alpha value is -1.94. The van der Waals surface area contributed by atoms with Crippen LogP contribution in [0.4, 0.5) is 8.78 Å². The molecule has 2 aromatic rings. The second-order valence-electron chi connectivity index (χ2n) is 5.47. The number of fused-ring (bicyclic) bond motifs is 1. The third-order valence-corrected chi connectivity index (χ3v) is 4.14. The maximum Gasteiger partial charge on any atom is 0.132 e. The third-order valence-electron chi connectivity index (χ3n) is 4.14. The van der Waals surface area contributed by atoms with Gasteiger partial charge < -0.3 is 9.84 Å². The molecule has 0 saturated heterocycles. The SMILES string of the molecule is COc1ccc2c(c1)CC(O)(c1ccc(F)cc1F)CC2. The normalized spacial score (nSPS) is 21.0. The zero-order valence-electron chi connectivity index (χ0n) is 11.7. The first kappa shape index (κ1) is 14.0. The molecule has 1 N–H and O–H groups in total. The Morgan fingerprint density at radius 3 is 2.62 bits per heavy atom. The smallest absolute Gasteiger partial charge is 0.132 e. The molecule has 0 fully saturated rings. The van der Waals surface area contributed by atoms with E-state index < -0.39 is 17.2 Å². The molecule has 1 aliphatic carbocycles. The summed E-state index contributed by atoms with van der Waals surface area (Å²) >= 11 is 0. The standard InChI is InChI=1S/C17H16F2O2/c1-21-14-4-2-11-6-7-17(20,10-12(11)8-14)15-5-3-13(18)9-16(15)19/h2-5,8-9,20H,6-7,10H2,1H3. The van der Waals surface area contributed by atoms with E-state index in [1.165, 1.54) is 12.1 Å². The molecule has 21 heavy (non-hydrogen) atoms. The molecule has 1 unspecified atom stereocenters. The van der Waals surface area contributed by atoms with Crippen molar-refractivity contribution in [2.24, 2.45) is 0 Å². The fourth-order valence-corrected chi connectivity index (χ4v) is 2.98. The molecule has 3 rings (SSSR count). The molecule has 0 radical (unpaired) electrons. The third kappa shape index (κ3) is 2.51. The minimum absolute atomic E-state index is 0.150. The maximum absolute atomic E-state index is 14.0. The van der Waals surface area contributed by atoms with Gasteiger partial charge in [-0.2, -0.15) is 0 Å². The minimum Gasteiger partial charge on any atom is -0.497 e. The number of hydrogen-bond acceptors (Lipinski definition) is 2. The summed E-state index contributed by atoms with van der Waals surface area (Å²) in [5.74, 6) is -0.640. The van der Waals surface area contributed by atoms with Gasteiger partial charge in [-0.1, -0.05) is 12.1 Å². The fraction of sp³-hybridized carbons (Fsp3) is 0.294. The summed E-state index contributed by atoms with van der Waals surface area (Å²) in [5, 5.41) is 10.8. The molecule has 0 aliphatic heterocycles. The number of ether oxygens (including phenoxy) is 1. The van der Waals surface area contributed by atoms with Crippen molar-refractivity contribution in [2.45, 2.75) is 24.9 Å². The maximum atomic E-state index is 14.0. The van der Waals surface area contributed by atoms with Crippen molar-refractivity contribution in [3.05, 3.63) is 64.7 Å². The van der Waals surface area contributed by atoms with Crippen LogP contribution in [0.1, 0.15) is 23.1 Å². The first-order valence-corrected chi connectivity index (χ1v) is 6.85. The van der Waals surface area contributed by atoms with Gasteiger partial charge in [0.05, 0.1) is 12.7 Å². The van der Waals surface area contributed by atoms with Crippen molar-refractivity contribution >= 4 is 0 Å². The van der Waals surface area contributed by atoms with Crippen LogP contribution < -0.4 is 4.74 Å². The lowest BCUT2D eigenvalue weighted by atomic mass is 9.76. The van der Waals surface area contributed by atoms with E-state index in [4.69, 9.17) is 4.74 Å². The van der Waals surface area contributed by atoms with Crippen molar-refractivity contribution in [3.8, 4) is 5.75 Å². The summed E-state index contributed by atoms with van der Waals surface area (Å²) in [5.41, 5.74) is 0.907. The molecule has 2 aromatic carbocycles. The van der Waals surface area contributed by atoms with Gasteiger partial charge in [-0.3, -0.25) is 0 Å². The highest BCUT2D eigenvalue weighted by Crippen LogP contribution is 2.38. The first-order valence-electron chi connectivity index (χ1n) is 6.85. The highest BCUT2D eigenvalue weighted by Gasteiger charge is 2.36. The Balaban J connectivity index is 2.00. The van der Waals surface area contributed by atoms with E-state index in [-0.39, 0.29) is 5.56 Å². The zero-order valence-corrected chi connectivity index (χ0v) is 11.7. The molecule has 0 amide bonds. The van der Waals surface area contributed by atoms with E-state index in [2.05, 4.69) is 0 Å². The largest absolute Gasteiger partial charge is 0.497 e. The van der Waals surface area contributed by atoms with Gasteiger partial charge in [-0.05, 0) is 42.2 Å². The van der Waals surface area contributed by atoms with Crippen LogP contribution in [0.3, 0.4) is 0 Å². The second-order valence-corrected chi connectivity index (χ2v) is 5.47. The van der Waals surface area contributed by atoms with Gasteiger partial charge in [0.15, 0.2) is 0 Å². The van der Waals surface area contributed by atoms with Gasteiger partial charge >= 0.3 is 0 Å². The minimum atomic E-state index is -1.31. The predicted octanol–water partition coefficient (Wildman–Crippen LogP) is 3.35. The predicted molar refractivity (Wildman–Crippen MR) is 75.3 cm³/mol. The topological polar surface area (TPSA) is 29.5 Å². The number of halogens is 2. The Morgan fingerprint density at radius 2 is 1.90 bits per heavy atom. The molecule has 110 valence electrons. The van der Waals surface area contributed by atoms with Crippen LogP contribution in [0, 0.1) is 11.6 Å². The van der Waals surface area contributed by atoms with E-state index >= 15 is 0 Å². The van der Waals surface area contributed by atoms with Gasteiger partial charge in [-0.25, -0.2) is 8.78 Å². The van der Waals surface area contributed by atoms with Gasteiger partial charge in [-0.15, -0.1) is 0 Å². The van der Waals surface area contributed by atoms with Crippen LogP contribution in [-0.4, -0.2) is 12.2 Å². The Morgan fingerprint density at radius 1 is 1.10 bits per heavy atom. The van der Waals surface area contributed by atoms with Crippen molar-refractivity contribution < 1.29 is 18.6 Å². The summed E-state index contributed by atoms with van der Waals surface area (Å²) in [6, 6.07) is 9.03. The van der Waals surface area contributed by atoms with Crippen LogP contribution in [0.15, 0.2) is 36.4 Å². The number of methoxy groups -OCH3 is 1. The van der Waals surface area contributed by atoms with E-state index in [1.807, 2.05) is 18.2 Å². The number of hydrogen-bond donors (Lipinski definition) is 1. The van der Waals surface area contributed by atoms with Crippen molar-refractivity contribution in [1.29, 1.82) is 0 Å². The lowest BCUT2D eigenvalue weighted by Crippen LogP contribution is -2.34. The molecule has 0 heterocycles. The lowest BCUT2D eigenvalue weighted by Gasteiger charge is -2.34. The van der Waals surface area contributed by atoms with Crippen LogP contribution in [0.2, 0.25) is 0 Å². The first-order chi connectivity index (χ1) is 10.0. The number of aryl methyl sites for hydroxylation is 1. The number of benzene rings is 2. The molecule has 0 bridgehead atoms. The van der Waals surface area contributed by atoms with Gasteiger partial charge in [0.25, 0.3) is 0 Å². The number of aliphatic hydroxyl groups is 1. The van der Waals surface area contributed by atoms with Gasteiger partial charge in [0, 0.05) is 18.1 Å². The van der Waals surface area contributed by atoms with Crippen molar-refractivity contribution in [2.75, 3.05) is 7.11 Å². The van der Waals surface area contributed by atoms with E-state index in [0.29, 0.717) is 25.0 Å². The molecule has 0 spiro atoms. The summed E-state index contributed by atoms with van der Waals surface area (Å²) in [6.45, 7) is 0. The molecule has 4 heteroatoms. The summed E-state index contributed by atoms with van der Waals surface area (Å²) in [6.07, 6.45) is 1.35. The molecular formula is C17H16F2O2. The molecule has 0 aromatic heterocycles. The van der Waals surface area contributed by atoms with Crippen LogP contribution in [0.25, 0.3) is 0 Å². The van der Waals surface area contributed by atoms with Gasteiger partial charge in [0.1, 0.15) is 17.4 Å². The average molecular weight is 290 g/mol. The monoisotopic (exact) mass is 290 g/mol. The highest BCUT2D eigenvalue weighted by atomic mass is 19.1. The molecule has 1 atom stereocenters. The highest BCUT2D eigenvalue weighted by molar-refractivity contribution is 5.41. The van der Waals surface area contributed by atoms with Crippen LogP contribution in [-0.2, 0) is 18.4 Å². The van der Waals surface area contributed by atoms with Gasteiger partial charge in [0.2, 0.25) is 0 Å². The Bertz CT molecular complexity index is 684. The van der Waals surface area contributed by atoms with E-state index in [0.717, 1.165) is 17.2 Å². The second kappa shape index (κ2) is 5.11. The summed E-state index contributed by atoms with van der Waals surface area (Å²) in [7, 11) is 1.58. The summed E-state index contributed by atoms with van der Waals surface area (Å²) < 4.78 is 32.2. The zero-order chi connectivity index (χ0) is 15.0. The Kier molecular flexibility index (Phi) is 3.41.